The predicted octanol–water partition coefficient (Wildman–Crippen LogP) is 1.12. The van der Waals surface area contributed by atoms with Crippen molar-refractivity contribution >= 4 is 5.91 Å². The Labute approximate surface area is 128 Å². The summed E-state index contributed by atoms with van der Waals surface area (Å²) in [4.78, 5) is 14.6. The SMILES string of the molecule is CC1CCCC(CNC(=O)C2CCC(CN)O2)(N(C)C)C1. The van der Waals surface area contributed by atoms with E-state index in [-0.39, 0.29) is 23.7 Å². The third kappa shape index (κ3) is 3.96. The average Bonchev–Trinajstić information content (AvgIpc) is 2.93. The molecule has 2 fully saturated rings. The lowest BCUT2D eigenvalue weighted by atomic mass is 9.75. The van der Waals surface area contributed by atoms with Gasteiger partial charge in [0.1, 0.15) is 6.10 Å². The molecule has 0 aromatic carbocycles. The summed E-state index contributed by atoms with van der Waals surface area (Å²) in [6.07, 6.45) is 6.28. The van der Waals surface area contributed by atoms with Gasteiger partial charge in [-0.05, 0) is 45.7 Å². The van der Waals surface area contributed by atoms with Gasteiger partial charge in [-0.2, -0.15) is 0 Å². The zero-order valence-electron chi connectivity index (χ0n) is 13.7. The Morgan fingerprint density at radius 3 is 2.71 bits per heavy atom. The van der Waals surface area contributed by atoms with Gasteiger partial charge in [-0.3, -0.25) is 4.79 Å². The highest BCUT2D eigenvalue weighted by Gasteiger charge is 2.38. The van der Waals surface area contributed by atoms with Crippen molar-refractivity contribution in [2.24, 2.45) is 11.7 Å². The van der Waals surface area contributed by atoms with Gasteiger partial charge < -0.3 is 20.7 Å². The number of nitrogens with one attached hydrogen (secondary N) is 1. The Kier molecular flexibility index (Phi) is 5.63. The standard InChI is InChI=1S/C16H31N3O2/c1-12-5-4-8-16(9-12,19(2)3)11-18-15(20)14-7-6-13(10-17)21-14/h12-14H,4-11,17H2,1-3H3,(H,18,20). The van der Waals surface area contributed by atoms with Crippen molar-refractivity contribution in [1.29, 1.82) is 0 Å². The second-order valence-electron chi connectivity index (χ2n) is 7.10. The topological polar surface area (TPSA) is 67.6 Å². The third-order valence-corrected chi connectivity index (χ3v) is 5.27. The summed E-state index contributed by atoms with van der Waals surface area (Å²) in [5.74, 6) is 0.757. The van der Waals surface area contributed by atoms with Crippen LogP contribution in [0, 0.1) is 5.92 Å². The minimum Gasteiger partial charge on any atom is -0.364 e. The van der Waals surface area contributed by atoms with Crippen molar-refractivity contribution in [2.45, 2.75) is 63.2 Å². The minimum atomic E-state index is -0.307. The van der Waals surface area contributed by atoms with E-state index in [2.05, 4.69) is 31.2 Å². The van der Waals surface area contributed by atoms with Gasteiger partial charge in [0, 0.05) is 18.6 Å². The van der Waals surface area contributed by atoms with Crippen molar-refractivity contribution in [2.75, 3.05) is 27.2 Å². The maximum atomic E-state index is 12.3. The monoisotopic (exact) mass is 297 g/mol. The molecule has 0 aromatic rings. The van der Waals surface area contributed by atoms with E-state index < -0.39 is 0 Å². The van der Waals surface area contributed by atoms with Crippen LogP contribution in [0.5, 0.6) is 0 Å². The molecular formula is C16H31N3O2. The molecule has 4 unspecified atom stereocenters. The van der Waals surface area contributed by atoms with Crippen LogP contribution >= 0.6 is 0 Å². The minimum absolute atomic E-state index is 0.0328. The summed E-state index contributed by atoms with van der Waals surface area (Å²) in [6.45, 7) is 3.53. The van der Waals surface area contributed by atoms with E-state index in [1.807, 2.05) is 0 Å². The van der Waals surface area contributed by atoms with E-state index in [0.717, 1.165) is 38.1 Å². The Morgan fingerprint density at radius 1 is 1.38 bits per heavy atom. The molecular weight excluding hydrogens is 266 g/mol. The molecule has 1 saturated heterocycles. The number of rotatable bonds is 5. The number of amides is 1. The molecule has 122 valence electrons. The Hall–Kier alpha value is -0.650. The summed E-state index contributed by atoms with van der Waals surface area (Å²) >= 11 is 0. The molecule has 2 aliphatic rings. The van der Waals surface area contributed by atoms with Gasteiger partial charge in [0.2, 0.25) is 5.91 Å². The van der Waals surface area contributed by atoms with E-state index in [1.54, 1.807) is 0 Å². The molecule has 0 radical (unpaired) electrons. The molecule has 5 nitrogen and oxygen atoms in total. The van der Waals surface area contributed by atoms with Gasteiger partial charge in [-0.1, -0.05) is 19.8 Å². The van der Waals surface area contributed by atoms with Crippen LogP contribution < -0.4 is 11.1 Å². The molecule has 0 spiro atoms. The van der Waals surface area contributed by atoms with E-state index in [4.69, 9.17) is 10.5 Å². The van der Waals surface area contributed by atoms with Gasteiger partial charge in [-0.15, -0.1) is 0 Å². The fourth-order valence-electron chi connectivity index (χ4n) is 3.79. The summed E-state index contributed by atoms with van der Waals surface area (Å²) in [5, 5.41) is 3.14. The van der Waals surface area contributed by atoms with Crippen molar-refractivity contribution in [1.82, 2.24) is 10.2 Å². The van der Waals surface area contributed by atoms with Crippen LogP contribution in [0.3, 0.4) is 0 Å². The lowest BCUT2D eigenvalue weighted by Gasteiger charge is -2.45. The first kappa shape index (κ1) is 16.7. The molecule has 1 amide bonds. The number of carbonyl (C=O) groups excluding carboxylic acids is 1. The number of hydrogen-bond acceptors (Lipinski definition) is 4. The smallest absolute Gasteiger partial charge is 0.249 e. The molecule has 0 bridgehead atoms. The zero-order valence-corrected chi connectivity index (χ0v) is 13.7. The highest BCUT2D eigenvalue weighted by molar-refractivity contribution is 5.81. The number of ether oxygens (including phenoxy) is 1. The van der Waals surface area contributed by atoms with Crippen LogP contribution in [0.1, 0.15) is 45.4 Å². The first-order valence-corrected chi connectivity index (χ1v) is 8.27. The Balaban J connectivity index is 1.89. The summed E-state index contributed by atoms with van der Waals surface area (Å²) in [6, 6.07) is 0. The van der Waals surface area contributed by atoms with Crippen LogP contribution in [0.25, 0.3) is 0 Å². The third-order valence-electron chi connectivity index (χ3n) is 5.27. The van der Waals surface area contributed by atoms with Gasteiger partial charge in [-0.25, -0.2) is 0 Å². The van der Waals surface area contributed by atoms with Crippen LogP contribution in [0.4, 0.5) is 0 Å². The molecule has 1 saturated carbocycles. The van der Waals surface area contributed by atoms with Crippen molar-refractivity contribution < 1.29 is 9.53 Å². The molecule has 5 heteroatoms. The first-order valence-electron chi connectivity index (χ1n) is 8.27. The molecule has 3 N–H and O–H groups in total. The maximum absolute atomic E-state index is 12.3. The van der Waals surface area contributed by atoms with E-state index in [1.165, 1.54) is 12.8 Å². The first-order chi connectivity index (χ1) is 9.97. The molecule has 2 rings (SSSR count). The van der Waals surface area contributed by atoms with Crippen LogP contribution in [0.2, 0.25) is 0 Å². The van der Waals surface area contributed by atoms with Gasteiger partial charge in [0.15, 0.2) is 0 Å². The van der Waals surface area contributed by atoms with E-state index in [0.29, 0.717) is 6.54 Å². The Morgan fingerprint density at radius 2 is 2.14 bits per heavy atom. The lowest BCUT2D eigenvalue weighted by Crippen LogP contribution is -2.56. The number of carbonyl (C=O) groups is 1. The predicted molar refractivity (Wildman–Crippen MR) is 84.0 cm³/mol. The van der Waals surface area contributed by atoms with Crippen molar-refractivity contribution in [3.63, 3.8) is 0 Å². The van der Waals surface area contributed by atoms with Gasteiger partial charge >= 0.3 is 0 Å². The molecule has 1 aliphatic heterocycles. The van der Waals surface area contributed by atoms with Gasteiger partial charge in [0.25, 0.3) is 0 Å². The normalized spacial score (nSPS) is 36.9. The number of nitrogens with two attached hydrogens (primary N) is 1. The average molecular weight is 297 g/mol. The van der Waals surface area contributed by atoms with Crippen LogP contribution in [0.15, 0.2) is 0 Å². The highest BCUT2D eigenvalue weighted by Crippen LogP contribution is 2.35. The highest BCUT2D eigenvalue weighted by atomic mass is 16.5. The molecule has 1 heterocycles. The van der Waals surface area contributed by atoms with Crippen molar-refractivity contribution in [3.05, 3.63) is 0 Å². The second kappa shape index (κ2) is 7.07. The largest absolute Gasteiger partial charge is 0.364 e. The van der Waals surface area contributed by atoms with E-state index in [9.17, 15) is 4.79 Å². The van der Waals surface area contributed by atoms with Crippen LogP contribution in [-0.2, 0) is 9.53 Å². The number of hydrogen-bond donors (Lipinski definition) is 2. The number of nitrogens with zero attached hydrogens (tertiary/aromatic N) is 1. The lowest BCUT2D eigenvalue weighted by molar-refractivity contribution is -0.132. The Bertz CT molecular complexity index is 361. The van der Waals surface area contributed by atoms with Gasteiger partial charge in [0.05, 0.1) is 6.10 Å². The zero-order chi connectivity index (χ0) is 15.5. The summed E-state index contributed by atoms with van der Waals surface area (Å²) in [5.41, 5.74) is 5.70. The maximum Gasteiger partial charge on any atom is 0.249 e. The molecule has 21 heavy (non-hydrogen) atoms. The van der Waals surface area contributed by atoms with E-state index >= 15 is 0 Å². The molecule has 0 aromatic heterocycles. The quantitative estimate of drug-likeness (QED) is 0.798. The van der Waals surface area contributed by atoms with Crippen LogP contribution in [-0.4, -0.2) is 55.7 Å². The number of likely N-dealkylation sites (N-methyl/N-ethyl adjacent to an activating group) is 1. The summed E-state index contributed by atoms with van der Waals surface area (Å²) in [7, 11) is 4.25. The fourth-order valence-corrected chi connectivity index (χ4v) is 3.79. The molecule has 1 aliphatic carbocycles. The second-order valence-corrected chi connectivity index (χ2v) is 7.10. The van der Waals surface area contributed by atoms with Crippen molar-refractivity contribution in [3.8, 4) is 0 Å². The summed E-state index contributed by atoms with van der Waals surface area (Å²) < 4.78 is 5.68. The molecule has 4 atom stereocenters. The fraction of sp³-hybridized carbons (Fsp3) is 0.938.